The molecule has 0 bridgehead atoms. The van der Waals surface area contributed by atoms with Crippen molar-refractivity contribution in [3.05, 3.63) is 32.7 Å². The largest absolute Gasteiger partial charge is 0.493 e. The highest BCUT2D eigenvalue weighted by atomic mass is 79.9. The number of carbonyl (C=O) groups is 1. The summed E-state index contributed by atoms with van der Waals surface area (Å²) in [6.07, 6.45) is 1.54. The Morgan fingerprint density at radius 1 is 1.62 bits per heavy atom. The van der Waals surface area contributed by atoms with Crippen molar-refractivity contribution in [1.29, 1.82) is 0 Å². The Morgan fingerprint density at radius 2 is 2.38 bits per heavy atom. The quantitative estimate of drug-likeness (QED) is 0.818. The monoisotopic (exact) mass is 300 g/mol. The predicted molar refractivity (Wildman–Crippen MR) is 65.2 cm³/mol. The average molecular weight is 301 g/mol. The minimum atomic E-state index is -0.0844. The fourth-order valence-electron chi connectivity index (χ4n) is 1.39. The van der Waals surface area contributed by atoms with Crippen LogP contribution in [0.1, 0.15) is 16.1 Å². The molecule has 0 fully saturated rings. The van der Waals surface area contributed by atoms with Crippen LogP contribution in [0.4, 0.5) is 0 Å². The molecule has 2 aromatic rings. The molecule has 0 atom stereocenters. The van der Waals surface area contributed by atoms with Gasteiger partial charge in [-0.1, -0.05) is 0 Å². The van der Waals surface area contributed by atoms with Crippen molar-refractivity contribution < 1.29 is 9.53 Å². The maximum atomic E-state index is 12.2. The minimum absolute atomic E-state index is 0.0844. The van der Waals surface area contributed by atoms with Gasteiger partial charge >= 0.3 is 0 Å². The van der Waals surface area contributed by atoms with Crippen molar-refractivity contribution in [3.8, 4) is 5.75 Å². The molecule has 2 heterocycles. The summed E-state index contributed by atoms with van der Waals surface area (Å²) in [7, 11) is 3.24. The zero-order valence-corrected chi connectivity index (χ0v) is 11.1. The number of ether oxygens (including phenoxy) is 1. The third-order valence-electron chi connectivity index (χ3n) is 2.17. The number of rotatable bonds is 3. The standard InChI is InChI=1S/C10H9BrN2O2S/c1-13-9(7(15-2)4-12-13)10(14)6-3-8(11)16-5-6/h3-5H,1-2H3. The van der Waals surface area contributed by atoms with Gasteiger partial charge in [-0.05, 0) is 22.0 Å². The molecule has 0 amide bonds. The summed E-state index contributed by atoms with van der Waals surface area (Å²) in [5, 5.41) is 5.81. The molecule has 84 valence electrons. The molecule has 2 aromatic heterocycles. The molecule has 0 spiro atoms. The first-order chi connectivity index (χ1) is 7.63. The Hall–Kier alpha value is -1.14. The van der Waals surface area contributed by atoms with Gasteiger partial charge in [0, 0.05) is 18.0 Å². The van der Waals surface area contributed by atoms with Crippen molar-refractivity contribution >= 4 is 33.0 Å². The van der Waals surface area contributed by atoms with Crippen molar-refractivity contribution in [2.24, 2.45) is 7.05 Å². The molecule has 0 N–H and O–H groups in total. The fourth-order valence-corrected chi connectivity index (χ4v) is 2.53. The zero-order valence-electron chi connectivity index (χ0n) is 8.73. The first-order valence-corrected chi connectivity index (χ1v) is 6.15. The van der Waals surface area contributed by atoms with Crippen molar-refractivity contribution in [2.45, 2.75) is 0 Å². The van der Waals surface area contributed by atoms with E-state index in [1.54, 1.807) is 18.5 Å². The minimum Gasteiger partial charge on any atom is -0.493 e. The number of hydrogen-bond donors (Lipinski definition) is 0. The maximum absolute atomic E-state index is 12.2. The smallest absolute Gasteiger partial charge is 0.215 e. The lowest BCUT2D eigenvalue weighted by Crippen LogP contribution is -2.08. The van der Waals surface area contributed by atoms with Crippen LogP contribution in [-0.2, 0) is 7.05 Å². The van der Waals surface area contributed by atoms with Crippen LogP contribution in [0.25, 0.3) is 0 Å². The molecule has 0 aliphatic rings. The van der Waals surface area contributed by atoms with E-state index in [4.69, 9.17) is 4.74 Å². The van der Waals surface area contributed by atoms with E-state index in [2.05, 4.69) is 21.0 Å². The van der Waals surface area contributed by atoms with Gasteiger partial charge in [0.1, 0.15) is 0 Å². The van der Waals surface area contributed by atoms with Gasteiger partial charge in [-0.25, -0.2) is 0 Å². The summed E-state index contributed by atoms with van der Waals surface area (Å²) in [5.74, 6) is 0.411. The molecule has 4 nitrogen and oxygen atoms in total. The van der Waals surface area contributed by atoms with Crippen molar-refractivity contribution in [3.63, 3.8) is 0 Å². The van der Waals surface area contributed by atoms with Crippen LogP contribution in [0.15, 0.2) is 21.4 Å². The SMILES string of the molecule is COc1cnn(C)c1C(=O)c1csc(Br)c1. The maximum Gasteiger partial charge on any atom is 0.215 e. The second-order valence-corrected chi connectivity index (χ2v) is 5.44. The number of hydrogen-bond acceptors (Lipinski definition) is 4. The van der Waals surface area contributed by atoms with E-state index >= 15 is 0 Å². The van der Waals surface area contributed by atoms with Gasteiger partial charge in [0.15, 0.2) is 11.4 Å². The summed E-state index contributed by atoms with van der Waals surface area (Å²) in [5.41, 5.74) is 1.10. The summed E-state index contributed by atoms with van der Waals surface area (Å²) in [6.45, 7) is 0. The molecule has 0 unspecified atom stereocenters. The summed E-state index contributed by atoms with van der Waals surface area (Å²) < 4.78 is 7.55. The van der Waals surface area contributed by atoms with Crippen molar-refractivity contribution in [1.82, 2.24) is 9.78 Å². The molecular weight excluding hydrogens is 292 g/mol. The number of ketones is 1. The highest BCUT2D eigenvalue weighted by Gasteiger charge is 2.20. The van der Waals surface area contributed by atoms with Crippen molar-refractivity contribution in [2.75, 3.05) is 7.11 Å². The second kappa shape index (κ2) is 4.39. The van der Waals surface area contributed by atoms with Crippen LogP contribution in [0, 0.1) is 0 Å². The van der Waals surface area contributed by atoms with Crippen LogP contribution < -0.4 is 4.74 Å². The first kappa shape index (κ1) is 11.3. The van der Waals surface area contributed by atoms with Gasteiger partial charge in [0.25, 0.3) is 0 Å². The topological polar surface area (TPSA) is 44.1 Å². The highest BCUT2D eigenvalue weighted by molar-refractivity contribution is 9.11. The second-order valence-electron chi connectivity index (χ2n) is 3.15. The Morgan fingerprint density at radius 3 is 2.94 bits per heavy atom. The van der Waals surface area contributed by atoms with E-state index in [-0.39, 0.29) is 5.78 Å². The molecule has 0 aliphatic heterocycles. The number of methoxy groups -OCH3 is 1. The first-order valence-electron chi connectivity index (χ1n) is 4.48. The lowest BCUT2D eigenvalue weighted by Gasteiger charge is -2.02. The lowest BCUT2D eigenvalue weighted by molar-refractivity contribution is 0.102. The molecule has 0 saturated carbocycles. The average Bonchev–Trinajstić information content (AvgIpc) is 2.83. The molecule has 6 heteroatoms. The number of aromatic nitrogens is 2. The Kier molecular flexibility index (Phi) is 3.11. The number of nitrogens with zero attached hydrogens (tertiary/aromatic N) is 2. The third kappa shape index (κ3) is 1.90. The van der Waals surface area contributed by atoms with Gasteiger partial charge in [0.2, 0.25) is 5.78 Å². The zero-order chi connectivity index (χ0) is 11.7. The summed E-state index contributed by atoms with van der Waals surface area (Å²) in [4.78, 5) is 12.2. The number of carbonyl (C=O) groups excluding carboxylic acids is 1. The molecular formula is C10H9BrN2O2S. The predicted octanol–water partition coefficient (Wildman–Crippen LogP) is 2.48. The normalized spacial score (nSPS) is 10.4. The van der Waals surface area contributed by atoms with Gasteiger partial charge in [-0.2, -0.15) is 5.10 Å². The van der Waals surface area contributed by atoms with Gasteiger partial charge in [-0.3, -0.25) is 9.48 Å². The molecule has 0 radical (unpaired) electrons. The molecule has 0 aromatic carbocycles. The summed E-state index contributed by atoms with van der Waals surface area (Å²) in [6, 6.07) is 1.79. The van der Waals surface area contributed by atoms with E-state index < -0.39 is 0 Å². The van der Waals surface area contributed by atoms with Crippen LogP contribution >= 0.6 is 27.3 Å². The third-order valence-corrected chi connectivity index (χ3v) is 3.67. The van der Waals surface area contributed by atoms with Gasteiger partial charge in [0.05, 0.1) is 17.1 Å². The Balaban J connectivity index is 2.44. The highest BCUT2D eigenvalue weighted by Crippen LogP contribution is 2.25. The number of halogens is 1. The van der Waals surface area contributed by atoms with E-state index in [1.807, 2.05) is 0 Å². The molecule has 2 rings (SSSR count). The van der Waals surface area contributed by atoms with E-state index in [0.29, 0.717) is 17.0 Å². The van der Waals surface area contributed by atoms with E-state index in [1.165, 1.54) is 29.3 Å². The number of aryl methyl sites for hydroxylation is 1. The van der Waals surface area contributed by atoms with Gasteiger partial charge in [-0.15, -0.1) is 11.3 Å². The van der Waals surface area contributed by atoms with Crippen LogP contribution in [-0.4, -0.2) is 22.7 Å². The van der Waals surface area contributed by atoms with Crippen LogP contribution in [0.5, 0.6) is 5.75 Å². The Labute approximate surface area is 105 Å². The van der Waals surface area contributed by atoms with Gasteiger partial charge < -0.3 is 4.74 Å². The lowest BCUT2D eigenvalue weighted by atomic mass is 10.1. The molecule has 0 aliphatic carbocycles. The fraction of sp³-hybridized carbons (Fsp3) is 0.200. The van der Waals surface area contributed by atoms with E-state index in [9.17, 15) is 4.79 Å². The Bertz CT molecular complexity index is 533. The van der Waals surface area contributed by atoms with E-state index in [0.717, 1.165) is 3.79 Å². The molecule has 16 heavy (non-hydrogen) atoms. The molecule has 0 saturated heterocycles. The summed E-state index contributed by atoms with van der Waals surface area (Å²) >= 11 is 4.81. The van der Waals surface area contributed by atoms with Crippen LogP contribution in [0.2, 0.25) is 0 Å². The van der Waals surface area contributed by atoms with Crippen LogP contribution in [0.3, 0.4) is 0 Å². The number of thiophene rings is 1.